The summed E-state index contributed by atoms with van der Waals surface area (Å²) in [7, 11) is 0. The molecule has 4 aliphatic carbocycles. The predicted molar refractivity (Wildman–Crippen MR) is 82.5 cm³/mol. The van der Waals surface area contributed by atoms with E-state index in [1.807, 2.05) is 0 Å². The minimum Gasteiger partial charge on any atom is -0.459 e. The van der Waals surface area contributed by atoms with Crippen LogP contribution in [0.25, 0.3) is 0 Å². The molecule has 2 nitrogen and oxygen atoms in total. The van der Waals surface area contributed by atoms with Gasteiger partial charge < -0.3 is 4.74 Å². The van der Waals surface area contributed by atoms with Gasteiger partial charge in [-0.15, -0.1) is 0 Å². The first kappa shape index (κ1) is 13.8. The topological polar surface area (TPSA) is 26.3 Å². The maximum atomic E-state index is 11.9. The molecule has 0 aromatic rings. The van der Waals surface area contributed by atoms with Crippen molar-refractivity contribution in [1.29, 1.82) is 0 Å². The van der Waals surface area contributed by atoms with Gasteiger partial charge in [-0.2, -0.15) is 0 Å². The van der Waals surface area contributed by atoms with Crippen LogP contribution >= 0.6 is 0 Å². The van der Waals surface area contributed by atoms with Gasteiger partial charge in [0.05, 0.1) is 0 Å². The molecule has 0 aliphatic heterocycles. The molecule has 0 spiro atoms. The normalized spacial score (nSPS) is 47.4. The fourth-order valence-corrected chi connectivity index (χ4v) is 6.76. The molecule has 0 radical (unpaired) electrons. The third kappa shape index (κ3) is 1.94. The van der Waals surface area contributed by atoms with E-state index in [2.05, 4.69) is 13.5 Å². The molecule has 4 fully saturated rings. The molecule has 0 N–H and O–H groups in total. The van der Waals surface area contributed by atoms with Gasteiger partial charge in [-0.25, -0.2) is 4.79 Å². The van der Waals surface area contributed by atoms with E-state index in [-0.39, 0.29) is 12.1 Å². The second kappa shape index (κ2) is 4.86. The van der Waals surface area contributed by atoms with E-state index in [0.29, 0.717) is 11.5 Å². The molecular formula is C19H28O2. The molecule has 0 aromatic heterocycles. The van der Waals surface area contributed by atoms with Crippen molar-refractivity contribution in [1.82, 2.24) is 0 Å². The molecule has 0 aromatic carbocycles. The lowest BCUT2D eigenvalue weighted by Crippen LogP contribution is -2.39. The first-order valence-corrected chi connectivity index (χ1v) is 8.96. The van der Waals surface area contributed by atoms with Crippen molar-refractivity contribution >= 4 is 5.97 Å². The maximum absolute atomic E-state index is 11.9. The molecule has 8 atom stereocenters. The van der Waals surface area contributed by atoms with Crippen molar-refractivity contribution in [2.24, 2.45) is 41.4 Å². The molecule has 4 bridgehead atoms. The Balaban J connectivity index is 1.50. The highest BCUT2D eigenvalue weighted by atomic mass is 16.5. The summed E-state index contributed by atoms with van der Waals surface area (Å²) in [4.78, 5) is 11.9. The van der Waals surface area contributed by atoms with Gasteiger partial charge in [0.15, 0.2) is 0 Å². The molecule has 0 amide bonds. The predicted octanol–water partition coefficient (Wildman–Crippen LogP) is 4.20. The quantitative estimate of drug-likeness (QED) is 0.440. The van der Waals surface area contributed by atoms with Gasteiger partial charge in [0.1, 0.15) is 6.10 Å². The smallest absolute Gasteiger partial charge is 0.333 e. The van der Waals surface area contributed by atoms with Gasteiger partial charge in [-0.3, -0.25) is 0 Å². The zero-order valence-electron chi connectivity index (χ0n) is 13.4. The second-order valence-electron chi connectivity index (χ2n) is 8.18. The molecule has 4 saturated carbocycles. The van der Waals surface area contributed by atoms with Crippen LogP contribution in [0.1, 0.15) is 52.4 Å². The number of ether oxygens (including phenoxy) is 1. The van der Waals surface area contributed by atoms with Crippen LogP contribution < -0.4 is 0 Å². The Morgan fingerprint density at radius 2 is 1.86 bits per heavy atom. The number of carbonyl (C=O) groups excluding carboxylic acids is 1. The van der Waals surface area contributed by atoms with Crippen molar-refractivity contribution in [3.05, 3.63) is 12.2 Å². The lowest BCUT2D eigenvalue weighted by atomic mass is 9.66. The SMILES string of the molecule is C=C(C)C(=O)OC(CC)C1CC2CC1C1C3CCC(C3)C21. The molecule has 116 valence electrons. The van der Waals surface area contributed by atoms with Gasteiger partial charge in [-0.05, 0) is 86.9 Å². The molecule has 0 heterocycles. The van der Waals surface area contributed by atoms with E-state index in [1.165, 1.54) is 32.1 Å². The summed E-state index contributed by atoms with van der Waals surface area (Å²) in [6.45, 7) is 7.65. The summed E-state index contributed by atoms with van der Waals surface area (Å²) in [6.07, 6.45) is 8.32. The lowest BCUT2D eigenvalue weighted by Gasteiger charge is -2.41. The Labute approximate surface area is 128 Å². The minimum absolute atomic E-state index is 0.129. The van der Waals surface area contributed by atoms with Crippen LogP contribution in [0, 0.1) is 41.4 Å². The lowest BCUT2D eigenvalue weighted by molar-refractivity contribution is -0.149. The number of rotatable bonds is 4. The number of hydrogen-bond acceptors (Lipinski definition) is 2. The van der Waals surface area contributed by atoms with Crippen molar-refractivity contribution < 1.29 is 9.53 Å². The number of fused-ring (bicyclic) bond motifs is 9. The van der Waals surface area contributed by atoms with Crippen molar-refractivity contribution in [2.75, 3.05) is 0 Å². The molecule has 4 aliphatic rings. The van der Waals surface area contributed by atoms with E-state index in [4.69, 9.17) is 4.74 Å². The summed E-state index contributed by atoms with van der Waals surface area (Å²) in [5.74, 6) is 6.31. The van der Waals surface area contributed by atoms with Crippen molar-refractivity contribution in [2.45, 2.75) is 58.5 Å². The van der Waals surface area contributed by atoms with Crippen LogP contribution in [0.15, 0.2) is 12.2 Å². The number of hydrogen-bond donors (Lipinski definition) is 0. The van der Waals surface area contributed by atoms with E-state index in [1.54, 1.807) is 6.92 Å². The van der Waals surface area contributed by atoms with Crippen molar-refractivity contribution in [3.63, 3.8) is 0 Å². The van der Waals surface area contributed by atoms with Crippen LogP contribution in [-0.4, -0.2) is 12.1 Å². The first-order chi connectivity index (χ1) is 10.1. The Hall–Kier alpha value is -0.790. The maximum Gasteiger partial charge on any atom is 0.333 e. The van der Waals surface area contributed by atoms with Gasteiger partial charge in [-0.1, -0.05) is 13.5 Å². The summed E-state index contributed by atoms with van der Waals surface area (Å²) in [5, 5.41) is 0. The third-order valence-corrected chi connectivity index (χ3v) is 7.27. The molecule has 2 heteroatoms. The van der Waals surface area contributed by atoms with Gasteiger partial charge in [0.2, 0.25) is 0 Å². The van der Waals surface area contributed by atoms with Gasteiger partial charge in [0.25, 0.3) is 0 Å². The fourth-order valence-electron chi connectivity index (χ4n) is 6.76. The average Bonchev–Trinajstić information content (AvgIpc) is 3.20. The van der Waals surface area contributed by atoms with Crippen LogP contribution in [0.4, 0.5) is 0 Å². The highest BCUT2D eigenvalue weighted by Gasteiger charge is 2.63. The number of carbonyl (C=O) groups is 1. The van der Waals surface area contributed by atoms with Crippen LogP contribution in [0.2, 0.25) is 0 Å². The molecule has 4 rings (SSSR count). The monoisotopic (exact) mass is 288 g/mol. The second-order valence-corrected chi connectivity index (χ2v) is 8.18. The van der Waals surface area contributed by atoms with E-state index >= 15 is 0 Å². The zero-order valence-corrected chi connectivity index (χ0v) is 13.4. The standard InChI is InChI=1S/C19H28O2/c1-4-16(21-19(20)10(2)3)14-8-13-9-15(14)18-12-6-5-11(7-12)17(13)18/h11-18H,2,4-9H2,1,3H3. The van der Waals surface area contributed by atoms with Crippen molar-refractivity contribution in [3.8, 4) is 0 Å². The highest BCUT2D eigenvalue weighted by Crippen LogP contribution is 2.69. The van der Waals surface area contributed by atoms with Gasteiger partial charge in [0, 0.05) is 5.57 Å². The third-order valence-electron chi connectivity index (χ3n) is 7.27. The Morgan fingerprint density at radius 3 is 2.52 bits per heavy atom. The molecule has 21 heavy (non-hydrogen) atoms. The van der Waals surface area contributed by atoms with E-state index in [0.717, 1.165) is 41.9 Å². The first-order valence-electron chi connectivity index (χ1n) is 8.96. The summed E-state index contributed by atoms with van der Waals surface area (Å²) >= 11 is 0. The largest absolute Gasteiger partial charge is 0.459 e. The minimum atomic E-state index is -0.186. The summed E-state index contributed by atoms with van der Waals surface area (Å²) in [5.41, 5.74) is 0.536. The molecular weight excluding hydrogens is 260 g/mol. The molecule has 0 saturated heterocycles. The highest BCUT2D eigenvalue weighted by molar-refractivity contribution is 5.87. The summed E-state index contributed by atoms with van der Waals surface area (Å²) in [6, 6.07) is 0. The average molecular weight is 288 g/mol. The van der Waals surface area contributed by atoms with E-state index in [9.17, 15) is 4.79 Å². The van der Waals surface area contributed by atoms with Crippen LogP contribution in [0.3, 0.4) is 0 Å². The summed E-state index contributed by atoms with van der Waals surface area (Å²) < 4.78 is 5.79. The van der Waals surface area contributed by atoms with Crippen LogP contribution in [0.5, 0.6) is 0 Å². The van der Waals surface area contributed by atoms with Crippen LogP contribution in [-0.2, 0) is 9.53 Å². The number of esters is 1. The molecule has 8 unspecified atom stereocenters. The fraction of sp³-hybridized carbons (Fsp3) is 0.842. The van der Waals surface area contributed by atoms with E-state index < -0.39 is 0 Å². The zero-order chi connectivity index (χ0) is 14.7. The Morgan fingerprint density at radius 1 is 1.14 bits per heavy atom. The Bertz CT molecular complexity index is 468. The van der Waals surface area contributed by atoms with Gasteiger partial charge >= 0.3 is 5.97 Å². The Kier molecular flexibility index (Phi) is 3.20.